The Morgan fingerprint density at radius 2 is 1.86 bits per heavy atom. The Labute approximate surface area is 133 Å². The highest BCUT2D eigenvalue weighted by Crippen LogP contribution is 2.25. The zero-order valence-corrected chi connectivity index (χ0v) is 14.8. The van der Waals surface area contributed by atoms with Gasteiger partial charge in [0.15, 0.2) is 9.84 Å². The summed E-state index contributed by atoms with van der Waals surface area (Å²) in [6, 6.07) is 6.41. The van der Waals surface area contributed by atoms with E-state index in [2.05, 4.69) is 13.8 Å². The summed E-state index contributed by atoms with van der Waals surface area (Å²) in [4.78, 5) is 0.214. The molecule has 0 spiro atoms. The second-order valence-corrected chi connectivity index (χ2v) is 10.2. The summed E-state index contributed by atoms with van der Waals surface area (Å²) in [5.41, 5.74) is 1.10. The number of sulfonamides is 1. The lowest BCUT2D eigenvalue weighted by molar-refractivity contribution is 0.394. The molecule has 0 radical (unpaired) electrons. The predicted octanol–water partition coefficient (Wildman–Crippen LogP) is 2.01. The van der Waals surface area contributed by atoms with E-state index in [1.807, 2.05) is 12.1 Å². The molecule has 0 N–H and O–H groups in total. The van der Waals surface area contributed by atoms with E-state index in [1.165, 1.54) is 11.4 Å². The Balaban J connectivity index is 2.23. The second kappa shape index (κ2) is 6.29. The van der Waals surface area contributed by atoms with Crippen molar-refractivity contribution in [3.8, 4) is 0 Å². The number of sulfone groups is 1. The van der Waals surface area contributed by atoms with Crippen LogP contribution < -0.4 is 0 Å². The Bertz CT molecular complexity index is 723. The van der Waals surface area contributed by atoms with E-state index in [1.54, 1.807) is 12.1 Å². The zero-order chi connectivity index (χ0) is 16.5. The molecule has 5 nitrogen and oxygen atoms in total. The molecule has 22 heavy (non-hydrogen) atoms. The SMILES string of the molecule is CCC(C)c1ccc(S(=O)(=O)N(C)C2CCS(=O)(=O)C2)cc1. The van der Waals surface area contributed by atoms with Crippen LogP contribution in [0, 0.1) is 0 Å². The van der Waals surface area contributed by atoms with Crippen LogP contribution in [0.25, 0.3) is 0 Å². The van der Waals surface area contributed by atoms with Gasteiger partial charge in [0, 0.05) is 13.1 Å². The quantitative estimate of drug-likeness (QED) is 0.818. The standard InChI is InChI=1S/C15H23NO4S2/c1-4-12(2)13-5-7-15(8-6-13)22(19,20)16(3)14-9-10-21(17,18)11-14/h5-8,12,14H,4,9-11H2,1-3H3. The molecule has 1 aromatic rings. The fourth-order valence-electron chi connectivity index (χ4n) is 2.63. The van der Waals surface area contributed by atoms with E-state index in [0.29, 0.717) is 12.3 Å². The highest BCUT2D eigenvalue weighted by atomic mass is 32.2. The molecule has 1 fully saturated rings. The van der Waals surface area contributed by atoms with Crippen LogP contribution in [-0.2, 0) is 19.9 Å². The third kappa shape index (κ3) is 3.52. The van der Waals surface area contributed by atoms with Crippen molar-refractivity contribution in [2.24, 2.45) is 0 Å². The lowest BCUT2D eigenvalue weighted by atomic mass is 9.99. The minimum atomic E-state index is -3.65. The number of hydrogen-bond acceptors (Lipinski definition) is 4. The molecule has 2 unspecified atom stereocenters. The molecule has 1 aliphatic heterocycles. The van der Waals surface area contributed by atoms with E-state index < -0.39 is 25.9 Å². The number of rotatable bonds is 5. The smallest absolute Gasteiger partial charge is 0.229 e. The van der Waals surface area contributed by atoms with Crippen LogP contribution in [0.15, 0.2) is 29.2 Å². The molecular formula is C15H23NO4S2. The molecule has 0 bridgehead atoms. The van der Waals surface area contributed by atoms with Gasteiger partial charge in [-0.25, -0.2) is 16.8 Å². The van der Waals surface area contributed by atoms with E-state index in [4.69, 9.17) is 0 Å². The van der Waals surface area contributed by atoms with Crippen molar-refractivity contribution in [2.75, 3.05) is 18.6 Å². The topological polar surface area (TPSA) is 71.5 Å². The van der Waals surface area contributed by atoms with Crippen molar-refractivity contribution < 1.29 is 16.8 Å². The second-order valence-electron chi connectivity index (χ2n) is 5.96. The summed E-state index contributed by atoms with van der Waals surface area (Å²) in [7, 11) is -5.30. The van der Waals surface area contributed by atoms with Crippen LogP contribution >= 0.6 is 0 Å². The monoisotopic (exact) mass is 345 g/mol. The first-order valence-electron chi connectivity index (χ1n) is 7.46. The lowest BCUT2D eigenvalue weighted by Crippen LogP contribution is -2.37. The summed E-state index contributed by atoms with van der Waals surface area (Å²) in [6.07, 6.45) is 1.36. The van der Waals surface area contributed by atoms with Gasteiger partial charge in [-0.2, -0.15) is 4.31 Å². The van der Waals surface area contributed by atoms with Gasteiger partial charge in [0.25, 0.3) is 0 Å². The fourth-order valence-corrected chi connectivity index (χ4v) is 5.88. The minimum absolute atomic E-state index is 0.0600. The Hall–Kier alpha value is -0.920. The lowest BCUT2D eigenvalue weighted by Gasteiger charge is -2.23. The van der Waals surface area contributed by atoms with Crippen LogP contribution in [0.5, 0.6) is 0 Å². The number of benzene rings is 1. The van der Waals surface area contributed by atoms with Crippen LogP contribution in [0.2, 0.25) is 0 Å². The average Bonchev–Trinajstić information content (AvgIpc) is 2.85. The van der Waals surface area contributed by atoms with Gasteiger partial charge in [-0.05, 0) is 36.5 Å². The van der Waals surface area contributed by atoms with Crippen LogP contribution in [-0.4, -0.2) is 45.7 Å². The molecule has 7 heteroatoms. The highest BCUT2D eigenvalue weighted by molar-refractivity contribution is 7.92. The van der Waals surface area contributed by atoms with E-state index in [-0.39, 0.29) is 16.4 Å². The van der Waals surface area contributed by atoms with Gasteiger partial charge in [-0.3, -0.25) is 0 Å². The highest BCUT2D eigenvalue weighted by Gasteiger charge is 2.36. The van der Waals surface area contributed by atoms with Gasteiger partial charge in [-0.15, -0.1) is 0 Å². The average molecular weight is 345 g/mol. The van der Waals surface area contributed by atoms with Gasteiger partial charge >= 0.3 is 0 Å². The van der Waals surface area contributed by atoms with Crippen molar-refractivity contribution >= 4 is 19.9 Å². The van der Waals surface area contributed by atoms with Crippen LogP contribution in [0.3, 0.4) is 0 Å². The van der Waals surface area contributed by atoms with Gasteiger partial charge in [0.1, 0.15) is 0 Å². The van der Waals surface area contributed by atoms with E-state index >= 15 is 0 Å². The van der Waals surface area contributed by atoms with Crippen molar-refractivity contribution in [1.29, 1.82) is 0 Å². The predicted molar refractivity (Wildman–Crippen MR) is 87.2 cm³/mol. The first-order chi connectivity index (χ1) is 10.2. The van der Waals surface area contributed by atoms with Gasteiger partial charge < -0.3 is 0 Å². The van der Waals surface area contributed by atoms with Crippen LogP contribution in [0.4, 0.5) is 0 Å². The summed E-state index contributed by atoms with van der Waals surface area (Å²) in [5, 5.41) is 0. The number of nitrogens with zero attached hydrogens (tertiary/aromatic N) is 1. The maximum absolute atomic E-state index is 12.6. The molecule has 1 aromatic carbocycles. The summed E-state index contributed by atoms with van der Waals surface area (Å²) >= 11 is 0. The largest absolute Gasteiger partial charge is 0.243 e. The minimum Gasteiger partial charge on any atom is -0.229 e. The third-order valence-electron chi connectivity index (χ3n) is 4.46. The zero-order valence-electron chi connectivity index (χ0n) is 13.2. The van der Waals surface area contributed by atoms with Crippen LogP contribution in [0.1, 0.15) is 38.2 Å². The van der Waals surface area contributed by atoms with Crippen molar-refractivity contribution in [1.82, 2.24) is 4.31 Å². The molecule has 1 saturated heterocycles. The van der Waals surface area contributed by atoms with Crippen molar-refractivity contribution in [3.63, 3.8) is 0 Å². The molecule has 0 aliphatic carbocycles. The maximum Gasteiger partial charge on any atom is 0.243 e. The molecule has 0 amide bonds. The molecule has 2 atom stereocenters. The van der Waals surface area contributed by atoms with E-state index in [0.717, 1.165) is 12.0 Å². The molecule has 2 rings (SSSR count). The molecule has 1 heterocycles. The molecule has 1 aliphatic rings. The summed E-state index contributed by atoms with van der Waals surface area (Å²) in [5.74, 6) is 0.354. The fraction of sp³-hybridized carbons (Fsp3) is 0.600. The summed E-state index contributed by atoms with van der Waals surface area (Å²) in [6.45, 7) is 4.18. The van der Waals surface area contributed by atoms with Gasteiger partial charge in [0.05, 0.1) is 16.4 Å². The molecule has 0 aromatic heterocycles. The Kier molecular flexibility index (Phi) is 4.99. The maximum atomic E-state index is 12.6. The first-order valence-corrected chi connectivity index (χ1v) is 10.7. The Morgan fingerprint density at radius 1 is 1.27 bits per heavy atom. The van der Waals surface area contributed by atoms with Gasteiger partial charge in [-0.1, -0.05) is 26.0 Å². The number of hydrogen-bond donors (Lipinski definition) is 0. The first kappa shape index (κ1) is 17.4. The molecule has 0 saturated carbocycles. The summed E-state index contributed by atoms with van der Waals surface area (Å²) < 4.78 is 49.5. The van der Waals surface area contributed by atoms with Crippen molar-refractivity contribution in [3.05, 3.63) is 29.8 Å². The van der Waals surface area contributed by atoms with Gasteiger partial charge in [0.2, 0.25) is 10.0 Å². The molecule has 124 valence electrons. The molecular weight excluding hydrogens is 322 g/mol. The normalized spacial score (nSPS) is 22.8. The van der Waals surface area contributed by atoms with Crippen molar-refractivity contribution in [2.45, 2.75) is 43.5 Å². The Morgan fingerprint density at radius 3 is 2.32 bits per heavy atom. The van der Waals surface area contributed by atoms with E-state index in [9.17, 15) is 16.8 Å². The third-order valence-corrected chi connectivity index (χ3v) is 8.14.